The van der Waals surface area contributed by atoms with Crippen molar-refractivity contribution in [2.75, 3.05) is 70.2 Å². The van der Waals surface area contributed by atoms with Crippen LogP contribution in [-0.2, 0) is 14.3 Å². The molecule has 4 heterocycles. The third kappa shape index (κ3) is 6.47. The van der Waals surface area contributed by atoms with Crippen LogP contribution in [0, 0.1) is 16.7 Å². The molecule has 0 aliphatic carbocycles. The van der Waals surface area contributed by atoms with E-state index in [4.69, 9.17) is 21.6 Å². The predicted molar refractivity (Wildman–Crippen MR) is 182 cm³/mol. The minimum absolute atomic E-state index is 0.0985. The van der Waals surface area contributed by atoms with E-state index in [9.17, 15) is 9.59 Å². The van der Waals surface area contributed by atoms with Crippen molar-refractivity contribution in [1.29, 1.82) is 5.41 Å². The Morgan fingerprint density at radius 3 is 2.59 bits per heavy atom. The van der Waals surface area contributed by atoms with Gasteiger partial charge in [0.25, 0.3) is 0 Å². The zero-order valence-corrected chi connectivity index (χ0v) is 26.6. The van der Waals surface area contributed by atoms with E-state index < -0.39 is 5.41 Å². The van der Waals surface area contributed by atoms with E-state index in [0.717, 1.165) is 55.5 Å². The van der Waals surface area contributed by atoms with Crippen molar-refractivity contribution in [1.82, 2.24) is 9.80 Å². The van der Waals surface area contributed by atoms with Gasteiger partial charge in [-0.15, -0.1) is 0 Å². The third-order valence-electron chi connectivity index (χ3n) is 10.00. The maximum Gasteiger partial charge on any atom is 0.237 e. The summed E-state index contributed by atoms with van der Waals surface area (Å²) in [7, 11) is 1.65. The van der Waals surface area contributed by atoms with Gasteiger partial charge in [-0.05, 0) is 68.0 Å². The first-order chi connectivity index (χ1) is 22.3. The number of hydrogen-bond acceptors (Lipinski definition) is 7. The van der Waals surface area contributed by atoms with Gasteiger partial charge in [0.15, 0.2) is 0 Å². The minimum Gasteiger partial charge on any atom is -0.398 e. The fourth-order valence-electron chi connectivity index (χ4n) is 7.19. The summed E-state index contributed by atoms with van der Waals surface area (Å²) in [5.41, 5.74) is 17.6. The van der Waals surface area contributed by atoms with Gasteiger partial charge in [-0.2, -0.15) is 0 Å². The Hall–Kier alpha value is -4.35. The second-order valence-electron chi connectivity index (χ2n) is 12.8. The number of carbonyl (C=O) groups is 2. The number of benzene rings is 2. The highest BCUT2D eigenvalue weighted by atomic mass is 16.5. The number of amides is 2. The molecular weight excluding hydrogens is 580 g/mol. The standard InChI is InChI=1S/C35H44N8O3/c1-39-23-40-33(38)27-4-2-24(3-5-27)25-8-14-42(15-9-25)31(44)21-41-16-12-35(22-41)13-17-43(34(35)45)28-6-7-30(36)29(20-28)32(37)26-10-18-46-19-11-26/h2-8,20,23,26,37H,9-19,21-22,36H2,1H3,(H2,38,39,40)/t35-/m0/s1. The maximum atomic E-state index is 13.9. The first-order valence-corrected chi connectivity index (χ1v) is 16.2. The Balaban J connectivity index is 1.04. The van der Waals surface area contributed by atoms with E-state index in [-0.39, 0.29) is 17.7 Å². The molecule has 2 aromatic rings. The molecule has 2 amide bonds. The molecule has 1 atom stereocenters. The molecule has 4 aliphatic rings. The van der Waals surface area contributed by atoms with E-state index in [1.807, 2.05) is 52.3 Å². The summed E-state index contributed by atoms with van der Waals surface area (Å²) in [5, 5.41) is 8.82. The van der Waals surface area contributed by atoms with Crippen LogP contribution in [0.15, 0.2) is 58.5 Å². The van der Waals surface area contributed by atoms with Gasteiger partial charge >= 0.3 is 0 Å². The van der Waals surface area contributed by atoms with E-state index in [1.54, 1.807) is 7.05 Å². The van der Waals surface area contributed by atoms with Crippen molar-refractivity contribution in [2.24, 2.45) is 27.1 Å². The van der Waals surface area contributed by atoms with Gasteiger partial charge in [0.2, 0.25) is 11.8 Å². The molecule has 4 aliphatic heterocycles. The number of ether oxygens (including phenoxy) is 1. The molecule has 0 radical (unpaired) electrons. The number of carbonyl (C=O) groups excluding carboxylic acids is 2. The number of nitrogens with two attached hydrogens (primary N) is 2. The normalized spacial score (nSPS) is 23.1. The smallest absolute Gasteiger partial charge is 0.237 e. The number of anilines is 2. The molecule has 0 unspecified atom stereocenters. The first kappa shape index (κ1) is 31.6. The Bertz CT molecular complexity index is 1580. The number of nitrogens with zero attached hydrogens (tertiary/aromatic N) is 5. The largest absolute Gasteiger partial charge is 0.398 e. The van der Waals surface area contributed by atoms with Crippen LogP contribution in [0.3, 0.4) is 0 Å². The molecule has 11 heteroatoms. The van der Waals surface area contributed by atoms with E-state index >= 15 is 0 Å². The van der Waals surface area contributed by atoms with Gasteiger partial charge in [0, 0.05) is 80.6 Å². The monoisotopic (exact) mass is 624 g/mol. The first-order valence-electron chi connectivity index (χ1n) is 16.2. The van der Waals surface area contributed by atoms with Crippen molar-refractivity contribution in [3.8, 4) is 0 Å². The van der Waals surface area contributed by atoms with Gasteiger partial charge in [-0.25, -0.2) is 4.99 Å². The van der Waals surface area contributed by atoms with Gasteiger partial charge in [0.05, 0.1) is 12.0 Å². The highest BCUT2D eigenvalue weighted by Crippen LogP contribution is 2.43. The molecule has 0 saturated carbocycles. The van der Waals surface area contributed by atoms with Gasteiger partial charge in [-0.1, -0.05) is 30.3 Å². The fourth-order valence-corrected chi connectivity index (χ4v) is 7.19. The number of likely N-dealkylation sites (tertiary alicyclic amines) is 1. The summed E-state index contributed by atoms with van der Waals surface area (Å²) >= 11 is 0. The van der Waals surface area contributed by atoms with Crippen LogP contribution in [0.5, 0.6) is 0 Å². The van der Waals surface area contributed by atoms with Crippen molar-refractivity contribution < 1.29 is 14.3 Å². The lowest BCUT2D eigenvalue weighted by atomic mass is 9.85. The molecule has 242 valence electrons. The predicted octanol–water partition coefficient (Wildman–Crippen LogP) is 3.17. The summed E-state index contributed by atoms with van der Waals surface area (Å²) in [6.07, 6.45) is 7.47. The van der Waals surface area contributed by atoms with E-state index in [0.29, 0.717) is 68.7 Å². The Morgan fingerprint density at radius 2 is 1.87 bits per heavy atom. The number of amidine groups is 1. The van der Waals surface area contributed by atoms with Crippen LogP contribution in [-0.4, -0.2) is 99.0 Å². The van der Waals surface area contributed by atoms with Crippen LogP contribution in [0.2, 0.25) is 0 Å². The van der Waals surface area contributed by atoms with E-state index in [1.165, 1.54) is 11.9 Å². The second kappa shape index (κ2) is 13.6. The lowest BCUT2D eigenvalue weighted by Gasteiger charge is -2.29. The summed E-state index contributed by atoms with van der Waals surface area (Å²) in [4.78, 5) is 41.1. The van der Waals surface area contributed by atoms with Gasteiger partial charge in [-0.3, -0.25) is 19.5 Å². The molecule has 6 rings (SSSR count). The van der Waals surface area contributed by atoms with E-state index in [2.05, 4.69) is 21.0 Å². The highest BCUT2D eigenvalue weighted by molar-refractivity contribution is 6.07. The maximum absolute atomic E-state index is 13.9. The average Bonchev–Trinajstić information content (AvgIpc) is 3.65. The molecule has 3 fully saturated rings. The Labute approximate surface area is 270 Å². The van der Waals surface area contributed by atoms with Crippen LogP contribution in [0.4, 0.5) is 11.4 Å². The van der Waals surface area contributed by atoms with Crippen molar-refractivity contribution in [2.45, 2.75) is 32.1 Å². The van der Waals surface area contributed by atoms with Crippen molar-refractivity contribution in [3.05, 3.63) is 65.2 Å². The molecule has 11 nitrogen and oxygen atoms in total. The molecule has 1 spiro atoms. The van der Waals surface area contributed by atoms with Crippen LogP contribution >= 0.6 is 0 Å². The summed E-state index contributed by atoms with van der Waals surface area (Å²) < 4.78 is 5.47. The van der Waals surface area contributed by atoms with Crippen molar-refractivity contribution in [3.63, 3.8) is 0 Å². The molecule has 2 aromatic carbocycles. The third-order valence-corrected chi connectivity index (χ3v) is 10.00. The lowest BCUT2D eigenvalue weighted by Crippen LogP contribution is -2.43. The van der Waals surface area contributed by atoms with Crippen LogP contribution in [0.1, 0.15) is 48.8 Å². The highest BCUT2D eigenvalue weighted by Gasteiger charge is 2.51. The number of nitrogen functional groups attached to an aromatic ring is 1. The molecule has 0 bridgehead atoms. The van der Waals surface area contributed by atoms with Gasteiger partial charge < -0.3 is 31.4 Å². The fraction of sp³-hybridized carbons (Fsp3) is 0.457. The van der Waals surface area contributed by atoms with Crippen LogP contribution < -0.4 is 16.4 Å². The zero-order chi connectivity index (χ0) is 32.3. The summed E-state index contributed by atoms with van der Waals surface area (Å²) in [6, 6.07) is 13.6. The lowest BCUT2D eigenvalue weighted by molar-refractivity contribution is -0.132. The number of rotatable bonds is 8. The number of hydrogen-bond donors (Lipinski definition) is 3. The molecule has 0 aromatic heterocycles. The minimum atomic E-state index is -0.478. The Morgan fingerprint density at radius 1 is 1.11 bits per heavy atom. The number of nitrogens with one attached hydrogen (secondary N) is 1. The summed E-state index contributed by atoms with van der Waals surface area (Å²) in [6.45, 7) is 4.81. The topological polar surface area (TPSA) is 154 Å². The quantitative estimate of drug-likeness (QED) is 0.233. The molecular formula is C35H44N8O3. The van der Waals surface area contributed by atoms with Crippen molar-refractivity contribution >= 4 is 46.6 Å². The Kier molecular flexibility index (Phi) is 9.32. The molecule has 3 saturated heterocycles. The molecule has 46 heavy (non-hydrogen) atoms. The van der Waals surface area contributed by atoms with Gasteiger partial charge in [0.1, 0.15) is 12.2 Å². The second-order valence-corrected chi connectivity index (χ2v) is 12.8. The summed E-state index contributed by atoms with van der Waals surface area (Å²) in [5.74, 6) is 0.748. The number of aliphatic imine (C=N–C) groups is 2. The average molecular weight is 625 g/mol. The van der Waals surface area contributed by atoms with Crippen LogP contribution in [0.25, 0.3) is 5.57 Å². The SMILES string of the molecule is CN=CN=C(N)c1ccc(C2=CCN(C(=O)CN3CC[C@]4(CCN(c5ccc(N)c(C(=N)C6CCOCC6)c5)C4=O)C3)CC2)cc1. The molecule has 5 N–H and O–H groups in total. The zero-order valence-electron chi connectivity index (χ0n) is 26.6.